The maximum Gasteiger partial charge on any atom is 0.308 e. The SMILES string of the molecule is Cc1nc2ccccc2n1C1CC2CCC(C1)N2CCC1(c2ccccc2)CCN(/C(=N/C#N)Oc2ccccc2)CC1. The van der Waals surface area contributed by atoms with E-state index >= 15 is 0 Å². The standard InChI is InChI=1S/C36H40N6O/c1-27-39-33-14-8-9-15-34(33)42(27)31-24-29-16-17-30(25-31)41(29)23-20-36(28-10-4-2-5-11-28)18-21-40(22-19-36)35(38-26-37)43-32-12-6-3-7-13-32/h2-15,29-31H,16-25H2,1H3/b38-35-. The van der Waals surface area contributed by atoms with Gasteiger partial charge in [-0.05, 0) is 93.7 Å². The second kappa shape index (κ2) is 11.9. The molecule has 0 spiro atoms. The van der Waals surface area contributed by atoms with E-state index < -0.39 is 0 Å². The van der Waals surface area contributed by atoms with Crippen LogP contribution in [0.4, 0.5) is 0 Å². The van der Waals surface area contributed by atoms with Gasteiger partial charge in [0.15, 0.2) is 0 Å². The smallest absolute Gasteiger partial charge is 0.308 e. The van der Waals surface area contributed by atoms with E-state index in [1.54, 1.807) is 0 Å². The molecule has 0 aliphatic carbocycles. The first-order valence-corrected chi connectivity index (χ1v) is 15.8. The largest absolute Gasteiger partial charge is 0.425 e. The van der Waals surface area contributed by atoms with E-state index in [0.29, 0.717) is 29.9 Å². The molecular weight excluding hydrogens is 532 g/mol. The molecule has 0 amide bonds. The molecule has 0 N–H and O–H groups in total. The number of imidazole rings is 1. The Labute approximate surface area is 254 Å². The topological polar surface area (TPSA) is 69.7 Å². The van der Waals surface area contributed by atoms with Crippen LogP contribution in [0.5, 0.6) is 5.75 Å². The van der Waals surface area contributed by atoms with Crippen LogP contribution in [0.15, 0.2) is 89.9 Å². The third kappa shape index (κ3) is 5.41. The fourth-order valence-electron chi connectivity index (χ4n) is 8.19. The molecule has 7 heteroatoms. The van der Waals surface area contributed by atoms with Crippen molar-refractivity contribution in [2.45, 2.75) is 75.4 Å². The van der Waals surface area contributed by atoms with E-state index in [-0.39, 0.29) is 5.41 Å². The zero-order valence-corrected chi connectivity index (χ0v) is 25.0. The molecule has 3 aliphatic heterocycles. The number of likely N-dealkylation sites (tertiary alicyclic amines) is 1. The molecule has 0 saturated carbocycles. The van der Waals surface area contributed by atoms with Crippen molar-refractivity contribution in [1.29, 1.82) is 5.26 Å². The molecule has 2 unspecified atom stereocenters. The van der Waals surface area contributed by atoms with Crippen LogP contribution in [-0.2, 0) is 5.41 Å². The van der Waals surface area contributed by atoms with Crippen LogP contribution in [0.25, 0.3) is 11.0 Å². The summed E-state index contributed by atoms with van der Waals surface area (Å²) < 4.78 is 8.60. The number of nitriles is 1. The lowest BCUT2D eigenvalue weighted by Crippen LogP contribution is -2.49. The van der Waals surface area contributed by atoms with Gasteiger partial charge in [0, 0.05) is 31.2 Å². The molecule has 7 rings (SSSR count). The van der Waals surface area contributed by atoms with Gasteiger partial charge in [-0.15, -0.1) is 4.99 Å². The highest BCUT2D eigenvalue weighted by Gasteiger charge is 2.44. The van der Waals surface area contributed by atoms with E-state index in [1.165, 1.54) is 36.8 Å². The number of fused-ring (bicyclic) bond motifs is 3. The number of aromatic nitrogens is 2. The first kappa shape index (κ1) is 27.7. The minimum Gasteiger partial charge on any atom is -0.425 e. The third-order valence-electron chi connectivity index (χ3n) is 10.3. The fraction of sp³-hybridized carbons (Fsp3) is 0.417. The number of para-hydroxylation sites is 3. The molecule has 43 heavy (non-hydrogen) atoms. The van der Waals surface area contributed by atoms with Gasteiger partial charge in [0.1, 0.15) is 11.6 Å². The van der Waals surface area contributed by atoms with Crippen LogP contribution in [0.2, 0.25) is 0 Å². The Balaban J connectivity index is 1.06. The molecule has 1 aromatic heterocycles. The number of aliphatic imine (C=N–C) groups is 1. The Morgan fingerprint density at radius 3 is 2.26 bits per heavy atom. The van der Waals surface area contributed by atoms with Crippen molar-refractivity contribution in [1.82, 2.24) is 19.4 Å². The van der Waals surface area contributed by atoms with Crippen molar-refractivity contribution < 1.29 is 4.74 Å². The number of piperidine rings is 2. The van der Waals surface area contributed by atoms with Gasteiger partial charge in [-0.1, -0.05) is 60.7 Å². The number of rotatable bonds is 6. The molecule has 2 atom stereocenters. The highest BCUT2D eigenvalue weighted by molar-refractivity contribution is 5.77. The lowest BCUT2D eigenvalue weighted by atomic mass is 9.70. The Kier molecular flexibility index (Phi) is 7.63. The maximum absolute atomic E-state index is 9.40. The molecule has 3 aliphatic rings. The molecular formula is C36H40N6O. The van der Waals surface area contributed by atoms with Crippen LogP contribution in [0.1, 0.15) is 62.4 Å². The fourth-order valence-corrected chi connectivity index (χ4v) is 8.19. The van der Waals surface area contributed by atoms with Gasteiger partial charge in [-0.3, -0.25) is 4.90 Å². The number of nitrogens with zero attached hydrogens (tertiary/aromatic N) is 6. The Morgan fingerprint density at radius 2 is 1.56 bits per heavy atom. The van der Waals surface area contributed by atoms with Crippen LogP contribution in [0, 0.1) is 18.4 Å². The van der Waals surface area contributed by atoms with Gasteiger partial charge in [0.05, 0.1) is 11.0 Å². The number of benzene rings is 3. The quantitative estimate of drug-likeness (QED) is 0.144. The zero-order valence-electron chi connectivity index (χ0n) is 25.0. The molecule has 0 radical (unpaired) electrons. The molecule has 4 aromatic rings. The minimum absolute atomic E-state index is 0.0929. The summed E-state index contributed by atoms with van der Waals surface area (Å²) in [5.41, 5.74) is 3.92. The van der Waals surface area contributed by atoms with Gasteiger partial charge in [0.2, 0.25) is 6.19 Å². The lowest BCUT2D eigenvalue weighted by molar-refractivity contribution is 0.0878. The van der Waals surface area contributed by atoms with Gasteiger partial charge >= 0.3 is 6.02 Å². The van der Waals surface area contributed by atoms with E-state index in [0.717, 1.165) is 50.2 Å². The summed E-state index contributed by atoms with van der Waals surface area (Å²) in [5, 5.41) is 9.40. The molecule has 3 fully saturated rings. The first-order valence-electron chi connectivity index (χ1n) is 15.8. The van der Waals surface area contributed by atoms with Crippen LogP contribution in [0.3, 0.4) is 0 Å². The van der Waals surface area contributed by atoms with Crippen molar-refractivity contribution in [2.24, 2.45) is 4.99 Å². The molecule has 220 valence electrons. The van der Waals surface area contributed by atoms with E-state index in [4.69, 9.17) is 9.72 Å². The molecule has 3 saturated heterocycles. The lowest BCUT2D eigenvalue weighted by Gasteiger charge is -2.46. The maximum atomic E-state index is 9.40. The van der Waals surface area contributed by atoms with Gasteiger partial charge < -0.3 is 14.2 Å². The van der Waals surface area contributed by atoms with Crippen molar-refractivity contribution in [3.8, 4) is 11.9 Å². The number of hydrogen-bond acceptors (Lipinski definition) is 5. The van der Waals surface area contributed by atoms with E-state index in [9.17, 15) is 5.26 Å². The zero-order chi connectivity index (χ0) is 29.2. The van der Waals surface area contributed by atoms with E-state index in [1.807, 2.05) is 36.5 Å². The van der Waals surface area contributed by atoms with Crippen LogP contribution in [-0.4, -0.2) is 57.1 Å². The molecule has 2 bridgehead atoms. The normalized spacial score (nSPS) is 23.8. The number of ether oxygens (including phenoxy) is 1. The second-order valence-electron chi connectivity index (χ2n) is 12.6. The average molecular weight is 573 g/mol. The minimum atomic E-state index is 0.0929. The van der Waals surface area contributed by atoms with Gasteiger partial charge in [-0.25, -0.2) is 4.98 Å². The average Bonchev–Trinajstić information content (AvgIpc) is 3.51. The summed E-state index contributed by atoms with van der Waals surface area (Å²) in [6.07, 6.45) is 10.1. The molecule has 3 aromatic carbocycles. The van der Waals surface area contributed by atoms with E-state index in [2.05, 4.69) is 80.9 Å². The third-order valence-corrected chi connectivity index (χ3v) is 10.3. The summed E-state index contributed by atoms with van der Waals surface area (Å²) >= 11 is 0. The number of hydrogen-bond donors (Lipinski definition) is 0. The van der Waals surface area contributed by atoms with Crippen molar-refractivity contribution in [3.05, 3.63) is 96.3 Å². The molecule has 4 heterocycles. The summed E-state index contributed by atoms with van der Waals surface area (Å²) in [5.74, 6) is 1.85. The van der Waals surface area contributed by atoms with Gasteiger partial charge in [0.25, 0.3) is 0 Å². The number of amidine groups is 1. The Bertz CT molecular complexity index is 1600. The first-order chi connectivity index (χ1) is 21.1. The van der Waals surface area contributed by atoms with Gasteiger partial charge in [-0.2, -0.15) is 5.26 Å². The summed E-state index contributed by atoms with van der Waals surface area (Å²) in [4.78, 5) is 14.0. The summed E-state index contributed by atoms with van der Waals surface area (Å²) in [6, 6.07) is 31.5. The highest BCUT2D eigenvalue weighted by atomic mass is 16.5. The number of aryl methyl sites for hydroxylation is 1. The van der Waals surface area contributed by atoms with Crippen molar-refractivity contribution >= 4 is 17.1 Å². The Morgan fingerprint density at radius 1 is 0.907 bits per heavy atom. The summed E-state index contributed by atoms with van der Waals surface area (Å²) in [7, 11) is 0. The van der Waals surface area contributed by atoms with Crippen LogP contribution >= 0.6 is 0 Å². The molecule has 7 nitrogen and oxygen atoms in total. The highest BCUT2D eigenvalue weighted by Crippen LogP contribution is 2.45. The van der Waals surface area contributed by atoms with Crippen molar-refractivity contribution in [3.63, 3.8) is 0 Å². The summed E-state index contributed by atoms with van der Waals surface area (Å²) in [6.45, 7) is 4.91. The second-order valence-corrected chi connectivity index (χ2v) is 12.6. The Hall–Kier alpha value is -4.15. The monoisotopic (exact) mass is 572 g/mol. The van der Waals surface area contributed by atoms with Crippen LogP contribution < -0.4 is 4.74 Å². The predicted octanol–water partition coefficient (Wildman–Crippen LogP) is 6.85. The van der Waals surface area contributed by atoms with Crippen molar-refractivity contribution in [2.75, 3.05) is 19.6 Å². The predicted molar refractivity (Wildman–Crippen MR) is 170 cm³/mol.